The van der Waals surface area contributed by atoms with Crippen LogP contribution in [-0.4, -0.2) is 37.6 Å². The standard InChI is InChI=1S/C12H10F6N4O/c13-11(14,15)5-9(23)6-22-20-10(19-21-22)7-2-1-3-8(4-7)12(16,17)18/h1-4,9,23H,5-6H2/t9-/m0/s1. The van der Waals surface area contributed by atoms with Crippen molar-refractivity contribution in [2.75, 3.05) is 0 Å². The highest BCUT2D eigenvalue weighted by Gasteiger charge is 2.32. The number of tetrazole rings is 1. The molecule has 23 heavy (non-hydrogen) atoms. The van der Waals surface area contributed by atoms with Gasteiger partial charge < -0.3 is 5.11 Å². The third-order valence-electron chi connectivity index (χ3n) is 2.74. The Hall–Kier alpha value is -2.17. The van der Waals surface area contributed by atoms with Crippen molar-refractivity contribution >= 4 is 0 Å². The number of hydrogen-bond donors (Lipinski definition) is 1. The van der Waals surface area contributed by atoms with E-state index in [1.54, 1.807) is 0 Å². The molecule has 11 heteroatoms. The van der Waals surface area contributed by atoms with Gasteiger partial charge in [0.2, 0.25) is 5.82 Å². The maximum atomic E-state index is 12.6. The van der Waals surface area contributed by atoms with Crippen LogP contribution in [0.15, 0.2) is 24.3 Å². The SMILES string of the molecule is O[C@H](Cn1nnc(-c2cccc(C(F)(F)F)c2)n1)CC(F)(F)F. The van der Waals surface area contributed by atoms with Crippen LogP contribution in [-0.2, 0) is 12.7 Å². The van der Waals surface area contributed by atoms with E-state index in [2.05, 4.69) is 15.4 Å². The molecule has 1 aromatic carbocycles. The molecule has 2 aromatic rings. The number of aromatic nitrogens is 4. The summed E-state index contributed by atoms with van der Waals surface area (Å²) in [5, 5.41) is 19.8. The minimum atomic E-state index is -4.55. The Bertz CT molecular complexity index is 666. The first-order valence-corrected chi connectivity index (χ1v) is 6.25. The van der Waals surface area contributed by atoms with Crippen LogP contribution in [0.3, 0.4) is 0 Å². The number of halogens is 6. The minimum Gasteiger partial charge on any atom is -0.391 e. The molecule has 126 valence electrons. The largest absolute Gasteiger partial charge is 0.416 e. The number of hydrogen-bond acceptors (Lipinski definition) is 4. The average molecular weight is 340 g/mol. The molecule has 1 aromatic heterocycles. The van der Waals surface area contributed by atoms with E-state index in [1.807, 2.05) is 0 Å². The minimum absolute atomic E-state index is 0.0105. The van der Waals surface area contributed by atoms with E-state index >= 15 is 0 Å². The van der Waals surface area contributed by atoms with Crippen molar-refractivity contribution in [2.45, 2.75) is 31.4 Å². The van der Waals surface area contributed by atoms with Crippen molar-refractivity contribution in [3.63, 3.8) is 0 Å². The molecule has 0 saturated carbocycles. The molecule has 0 unspecified atom stereocenters. The lowest BCUT2D eigenvalue weighted by Crippen LogP contribution is -2.25. The molecule has 0 fully saturated rings. The van der Waals surface area contributed by atoms with E-state index in [0.29, 0.717) is 4.80 Å². The Morgan fingerprint density at radius 2 is 1.83 bits per heavy atom. The van der Waals surface area contributed by atoms with Crippen molar-refractivity contribution in [3.8, 4) is 11.4 Å². The Labute approximate surface area is 125 Å². The highest BCUT2D eigenvalue weighted by atomic mass is 19.4. The summed E-state index contributed by atoms with van der Waals surface area (Å²) in [4.78, 5) is 0.700. The molecule has 0 radical (unpaired) electrons. The van der Waals surface area contributed by atoms with Gasteiger partial charge in [-0.25, -0.2) is 0 Å². The number of rotatable bonds is 4. The predicted molar refractivity (Wildman–Crippen MR) is 64.9 cm³/mol. The van der Waals surface area contributed by atoms with Gasteiger partial charge in [0.1, 0.15) is 0 Å². The molecule has 0 bridgehead atoms. The van der Waals surface area contributed by atoms with Crippen LogP contribution in [0, 0.1) is 0 Å². The first kappa shape index (κ1) is 17.2. The number of nitrogens with zero attached hydrogens (tertiary/aromatic N) is 4. The zero-order chi connectivity index (χ0) is 17.3. The van der Waals surface area contributed by atoms with Crippen molar-refractivity contribution < 1.29 is 31.4 Å². The summed E-state index contributed by atoms with van der Waals surface area (Å²) in [5.74, 6) is -0.185. The van der Waals surface area contributed by atoms with Crippen molar-refractivity contribution in [1.82, 2.24) is 20.2 Å². The maximum Gasteiger partial charge on any atom is 0.416 e. The fraction of sp³-hybridized carbons (Fsp3) is 0.417. The van der Waals surface area contributed by atoms with Crippen LogP contribution in [0.1, 0.15) is 12.0 Å². The smallest absolute Gasteiger partial charge is 0.391 e. The summed E-state index contributed by atoms with van der Waals surface area (Å²) in [6, 6.07) is 4.12. The normalized spacial score (nSPS) is 14.0. The van der Waals surface area contributed by atoms with E-state index in [0.717, 1.165) is 18.2 Å². The van der Waals surface area contributed by atoms with Gasteiger partial charge in [0.15, 0.2) is 0 Å². The van der Waals surface area contributed by atoms with Crippen LogP contribution in [0.4, 0.5) is 26.3 Å². The lowest BCUT2D eigenvalue weighted by atomic mass is 10.1. The van der Waals surface area contributed by atoms with Gasteiger partial charge in [-0.1, -0.05) is 12.1 Å². The fourth-order valence-corrected chi connectivity index (χ4v) is 1.79. The van der Waals surface area contributed by atoms with E-state index in [9.17, 15) is 31.4 Å². The van der Waals surface area contributed by atoms with Crippen LogP contribution >= 0.6 is 0 Å². The molecular weight excluding hydrogens is 330 g/mol. The number of benzene rings is 1. The van der Waals surface area contributed by atoms with Crippen molar-refractivity contribution in [2.24, 2.45) is 0 Å². The second kappa shape index (κ2) is 6.14. The molecule has 0 aliphatic heterocycles. The molecule has 5 nitrogen and oxygen atoms in total. The van der Waals surface area contributed by atoms with Crippen LogP contribution in [0.2, 0.25) is 0 Å². The number of aliphatic hydroxyl groups excluding tert-OH is 1. The number of alkyl halides is 6. The second-order valence-electron chi connectivity index (χ2n) is 4.72. The molecular formula is C12H10F6N4O. The summed E-state index contributed by atoms with van der Waals surface area (Å²) < 4.78 is 74.2. The monoisotopic (exact) mass is 340 g/mol. The Morgan fingerprint density at radius 1 is 1.13 bits per heavy atom. The Kier molecular flexibility index (Phi) is 4.59. The number of aliphatic hydroxyl groups is 1. The molecule has 0 amide bonds. The zero-order valence-corrected chi connectivity index (χ0v) is 11.3. The van der Waals surface area contributed by atoms with Gasteiger partial charge in [0.25, 0.3) is 0 Å². The molecule has 0 aliphatic rings. The first-order valence-electron chi connectivity index (χ1n) is 6.25. The Balaban J connectivity index is 2.13. The molecule has 1 N–H and O–H groups in total. The van der Waals surface area contributed by atoms with Crippen molar-refractivity contribution in [1.29, 1.82) is 0 Å². The van der Waals surface area contributed by atoms with Gasteiger partial charge in [-0.3, -0.25) is 0 Å². The van der Waals surface area contributed by atoms with Crippen LogP contribution in [0.25, 0.3) is 11.4 Å². The quantitative estimate of drug-likeness (QED) is 0.869. The zero-order valence-electron chi connectivity index (χ0n) is 11.3. The second-order valence-corrected chi connectivity index (χ2v) is 4.72. The summed E-state index contributed by atoms with van der Waals surface area (Å²) >= 11 is 0. The van der Waals surface area contributed by atoms with E-state index < -0.39 is 37.0 Å². The highest BCUT2D eigenvalue weighted by Crippen LogP contribution is 2.31. The van der Waals surface area contributed by atoms with Crippen molar-refractivity contribution in [3.05, 3.63) is 29.8 Å². The van der Waals surface area contributed by atoms with E-state index in [4.69, 9.17) is 0 Å². The molecule has 0 saturated heterocycles. The third-order valence-corrected chi connectivity index (χ3v) is 2.74. The molecule has 0 aliphatic carbocycles. The topological polar surface area (TPSA) is 63.8 Å². The molecule has 0 spiro atoms. The van der Waals surface area contributed by atoms with E-state index in [-0.39, 0.29) is 11.4 Å². The van der Waals surface area contributed by atoms with Gasteiger partial charge in [-0.05, 0) is 17.3 Å². The van der Waals surface area contributed by atoms with Gasteiger partial charge in [-0.15, -0.1) is 10.2 Å². The maximum absolute atomic E-state index is 12.6. The fourth-order valence-electron chi connectivity index (χ4n) is 1.79. The first-order chi connectivity index (χ1) is 10.5. The predicted octanol–water partition coefficient (Wildman–Crippen LogP) is 2.67. The molecule has 1 heterocycles. The summed E-state index contributed by atoms with van der Waals surface area (Å²) in [6.45, 7) is -0.578. The Morgan fingerprint density at radius 3 is 2.43 bits per heavy atom. The van der Waals surface area contributed by atoms with Gasteiger partial charge >= 0.3 is 12.4 Å². The van der Waals surface area contributed by atoms with Gasteiger partial charge in [-0.2, -0.15) is 31.1 Å². The summed E-state index contributed by atoms with van der Waals surface area (Å²) in [5.41, 5.74) is -0.903. The third kappa shape index (κ3) is 4.91. The lowest BCUT2D eigenvalue weighted by Gasteiger charge is -2.11. The van der Waals surface area contributed by atoms with Gasteiger partial charge in [0, 0.05) is 5.56 Å². The summed E-state index contributed by atoms with van der Waals surface area (Å²) in [6.07, 6.45) is -12.3. The summed E-state index contributed by atoms with van der Waals surface area (Å²) in [7, 11) is 0. The van der Waals surface area contributed by atoms with Gasteiger partial charge in [0.05, 0.1) is 24.6 Å². The van der Waals surface area contributed by atoms with E-state index in [1.165, 1.54) is 6.07 Å². The molecule has 2 rings (SSSR count). The lowest BCUT2D eigenvalue weighted by molar-refractivity contribution is -0.155. The van der Waals surface area contributed by atoms with Crippen LogP contribution < -0.4 is 0 Å². The molecule has 1 atom stereocenters. The average Bonchev–Trinajstić information content (AvgIpc) is 2.84. The highest BCUT2D eigenvalue weighted by molar-refractivity contribution is 5.55. The van der Waals surface area contributed by atoms with Crippen LogP contribution in [0.5, 0.6) is 0 Å².